The number of nitrogens with zero attached hydrogens (tertiary/aromatic N) is 4. The first kappa shape index (κ1) is 20.8. The van der Waals surface area contributed by atoms with Crippen LogP contribution >= 0.6 is 27.7 Å². The third-order valence-corrected chi connectivity index (χ3v) is 5.57. The van der Waals surface area contributed by atoms with Crippen LogP contribution in [0.3, 0.4) is 0 Å². The van der Waals surface area contributed by atoms with Gasteiger partial charge in [-0.2, -0.15) is 0 Å². The maximum atomic E-state index is 12.2. The topological polar surface area (TPSA) is 123 Å². The number of benzene rings is 2. The molecule has 0 atom stereocenters. The predicted octanol–water partition coefficient (Wildman–Crippen LogP) is 3.90. The van der Waals surface area contributed by atoms with Gasteiger partial charge in [0.25, 0.3) is 5.69 Å². The van der Waals surface area contributed by atoms with Crippen molar-refractivity contribution >= 4 is 45.0 Å². The van der Waals surface area contributed by atoms with Gasteiger partial charge < -0.3 is 15.0 Å². The number of hydrogen-bond acceptors (Lipinski definition) is 7. The molecule has 2 N–H and O–H groups in total. The van der Waals surface area contributed by atoms with Crippen LogP contribution in [0, 0.1) is 17.0 Å². The fourth-order valence-corrected chi connectivity index (χ4v) is 3.65. The van der Waals surface area contributed by atoms with Crippen LogP contribution in [0.5, 0.6) is 5.75 Å². The number of carbonyl (C=O) groups excluding carboxylic acids is 1. The zero-order valence-corrected chi connectivity index (χ0v) is 17.8. The largest absolute Gasteiger partial charge is 0.507 e. The molecule has 29 heavy (non-hydrogen) atoms. The normalized spacial score (nSPS) is 10.7. The van der Waals surface area contributed by atoms with E-state index in [-0.39, 0.29) is 23.1 Å². The van der Waals surface area contributed by atoms with E-state index in [1.807, 2.05) is 0 Å². The minimum atomic E-state index is -0.488. The Morgan fingerprint density at radius 1 is 1.31 bits per heavy atom. The highest BCUT2D eigenvalue weighted by Gasteiger charge is 2.17. The van der Waals surface area contributed by atoms with Crippen LogP contribution in [0.25, 0.3) is 11.4 Å². The summed E-state index contributed by atoms with van der Waals surface area (Å²) in [4.78, 5) is 22.8. The van der Waals surface area contributed by atoms with Gasteiger partial charge in [0.15, 0.2) is 11.0 Å². The standard InChI is InChI=1S/C18H16BrN5O4S/c1-10-3-5-12(8-14(10)24(27)28)20-16(26)9-29-18-22-21-17(23(18)2)13-7-11(19)4-6-15(13)25/h3-8,25H,9H2,1-2H3,(H,20,26). The molecule has 3 aromatic rings. The lowest BCUT2D eigenvalue weighted by molar-refractivity contribution is -0.385. The summed E-state index contributed by atoms with van der Waals surface area (Å²) < 4.78 is 2.46. The molecule has 1 amide bonds. The Morgan fingerprint density at radius 2 is 2.07 bits per heavy atom. The maximum Gasteiger partial charge on any atom is 0.274 e. The number of aryl methyl sites for hydroxylation is 1. The van der Waals surface area contributed by atoms with Gasteiger partial charge in [-0.15, -0.1) is 10.2 Å². The molecule has 2 aromatic carbocycles. The number of nitrogens with one attached hydrogen (secondary N) is 1. The summed E-state index contributed by atoms with van der Waals surface area (Å²) >= 11 is 4.52. The van der Waals surface area contributed by atoms with E-state index in [9.17, 15) is 20.0 Å². The van der Waals surface area contributed by atoms with E-state index in [1.165, 1.54) is 6.07 Å². The molecule has 0 unspecified atom stereocenters. The molecule has 1 heterocycles. The second-order valence-electron chi connectivity index (χ2n) is 6.12. The molecular formula is C18H16BrN5O4S. The van der Waals surface area contributed by atoms with E-state index in [2.05, 4.69) is 31.4 Å². The number of phenolic OH excluding ortho intramolecular Hbond substituents is 1. The van der Waals surface area contributed by atoms with Crippen LogP contribution < -0.4 is 5.32 Å². The number of nitro groups is 1. The first-order valence-electron chi connectivity index (χ1n) is 8.32. The van der Waals surface area contributed by atoms with Gasteiger partial charge in [-0.1, -0.05) is 33.8 Å². The Balaban J connectivity index is 1.69. The second-order valence-corrected chi connectivity index (χ2v) is 7.98. The van der Waals surface area contributed by atoms with E-state index < -0.39 is 4.92 Å². The smallest absolute Gasteiger partial charge is 0.274 e. The highest BCUT2D eigenvalue weighted by Crippen LogP contribution is 2.32. The molecular weight excluding hydrogens is 462 g/mol. The SMILES string of the molecule is Cc1ccc(NC(=O)CSc2nnc(-c3cc(Br)ccc3O)n2C)cc1[N+](=O)[O-]. The average Bonchev–Trinajstić information content (AvgIpc) is 3.03. The summed E-state index contributed by atoms with van der Waals surface area (Å²) in [7, 11) is 1.74. The molecule has 0 saturated heterocycles. The van der Waals surface area contributed by atoms with Gasteiger partial charge in [-0.05, 0) is 31.2 Å². The van der Waals surface area contributed by atoms with Crippen LogP contribution in [-0.2, 0) is 11.8 Å². The number of anilines is 1. The first-order valence-corrected chi connectivity index (χ1v) is 10.1. The summed E-state index contributed by atoms with van der Waals surface area (Å²) in [6.45, 7) is 1.63. The van der Waals surface area contributed by atoms with Crippen molar-refractivity contribution in [2.75, 3.05) is 11.1 Å². The highest BCUT2D eigenvalue weighted by molar-refractivity contribution is 9.10. The number of amides is 1. The van der Waals surface area contributed by atoms with E-state index in [4.69, 9.17) is 0 Å². The van der Waals surface area contributed by atoms with Gasteiger partial charge in [0.1, 0.15) is 5.75 Å². The summed E-state index contributed by atoms with van der Waals surface area (Å²) in [6.07, 6.45) is 0. The van der Waals surface area contributed by atoms with E-state index in [0.717, 1.165) is 16.2 Å². The molecule has 150 valence electrons. The molecule has 1 aromatic heterocycles. The van der Waals surface area contributed by atoms with Crippen molar-refractivity contribution in [2.24, 2.45) is 7.05 Å². The summed E-state index contributed by atoms with van der Waals surface area (Å²) in [6, 6.07) is 9.51. The summed E-state index contributed by atoms with van der Waals surface area (Å²) in [5.41, 5.74) is 1.33. The van der Waals surface area contributed by atoms with Crippen molar-refractivity contribution in [1.82, 2.24) is 14.8 Å². The fourth-order valence-electron chi connectivity index (χ4n) is 2.57. The number of aromatic hydroxyl groups is 1. The lowest BCUT2D eigenvalue weighted by Gasteiger charge is -2.07. The molecule has 3 rings (SSSR count). The van der Waals surface area contributed by atoms with E-state index in [0.29, 0.717) is 27.8 Å². The van der Waals surface area contributed by atoms with Crippen molar-refractivity contribution in [1.29, 1.82) is 0 Å². The Hall–Kier alpha value is -2.92. The zero-order valence-electron chi connectivity index (χ0n) is 15.4. The number of carbonyl (C=O) groups is 1. The Bertz CT molecular complexity index is 1100. The Morgan fingerprint density at radius 3 is 2.79 bits per heavy atom. The first-order chi connectivity index (χ1) is 13.8. The van der Waals surface area contributed by atoms with Crippen molar-refractivity contribution in [3.05, 3.63) is 56.5 Å². The molecule has 0 aliphatic rings. The van der Waals surface area contributed by atoms with Gasteiger partial charge in [0.2, 0.25) is 5.91 Å². The van der Waals surface area contributed by atoms with Gasteiger partial charge in [-0.25, -0.2) is 0 Å². The van der Waals surface area contributed by atoms with Crippen molar-refractivity contribution in [3.63, 3.8) is 0 Å². The van der Waals surface area contributed by atoms with Crippen LogP contribution in [0.4, 0.5) is 11.4 Å². The fraction of sp³-hybridized carbons (Fsp3) is 0.167. The quantitative estimate of drug-likeness (QED) is 0.313. The summed E-state index contributed by atoms with van der Waals surface area (Å²) in [5.74, 6) is 0.237. The Kier molecular flexibility index (Phi) is 6.18. The Labute approximate surface area is 178 Å². The average molecular weight is 478 g/mol. The lowest BCUT2D eigenvalue weighted by Crippen LogP contribution is -2.14. The molecule has 11 heteroatoms. The molecule has 0 fully saturated rings. The molecule has 0 bridgehead atoms. The van der Waals surface area contributed by atoms with Gasteiger partial charge in [0.05, 0.1) is 16.2 Å². The van der Waals surface area contributed by atoms with Crippen LogP contribution in [0.2, 0.25) is 0 Å². The van der Waals surface area contributed by atoms with Gasteiger partial charge >= 0.3 is 0 Å². The van der Waals surface area contributed by atoms with Gasteiger partial charge in [-0.3, -0.25) is 14.9 Å². The number of nitro benzene ring substituents is 1. The molecule has 0 spiro atoms. The molecule has 9 nitrogen and oxygen atoms in total. The number of rotatable bonds is 6. The molecule has 0 saturated carbocycles. The number of phenols is 1. The lowest BCUT2D eigenvalue weighted by atomic mass is 10.2. The minimum absolute atomic E-state index is 0.0398. The maximum absolute atomic E-state index is 12.2. The van der Waals surface area contributed by atoms with Crippen LogP contribution in [0.1, 0.15) is 5.56 Å². The number of halogens is 1. The molecule has 0 aliphatic carbocycles. The van der Waals surface area contributed by atoms with E-state index >= 15 is 0 Å². The minimum Gasteiger partial charge on any atom is -0.507 e. The number of hydrogen-bond donors (Lipinski definition) is 2. The van der Waals surface area contributed by atoms with E-state index in [1.54, 1.807) is 48.9 Å². The third-order valence-electron chi connectivity index (χ3n) is 4.06. The zero-order chi connectivity index (χ0) is 21.1. The number of thioether (sulfide) groups is 1. The van der Waals surface area contributed by atoms with Crippen molar-refractivity contribution < 1.29 is 14.8 Å². The third kappa shape index (κ3) is 4.74. The van der Waals surface area contributed by atoms with Crippen molar-refractivity contribution in [3.8, 4) is 17.1 Å². The van der Waals surface area contributed by atoms with Crippen molar-refractivity contribution in [2.45, 2.75) is 12.1 Å². The van der Waals surface area contributed by atoms with Crippen LogP contribution in [-0.4, -0.2) is 36.5 Å². The predicted molar refractivity (Wildman–Crippen MR) is 113 cm³/mol. The van der Waals surface area contributed by atoms with Crippen LogP contribution in [0.15, 0.2) is 46.0 Å². The summed E-state index contributed by atoms with van der Waals surface area (Å²) in [5, 5.41) is 32.4. The van der Waals surface area contributed by atoms with Gasteiger partial charge in [0, 0.05) is 28.8 Å². The molecule has 0 radical (unpaired) electrons. The number of aromatic nitrogens is 3. The second kappa shape index (κ2) is 8.62. The monoisotopic (exact) mass is 477 g/mol. The highest BCUT2D eigenvalue weighted by atomic mass is 79.9. The molecule has 0 aliphatic heterocycles.